The summed E-state index contributed by atoms with van der Waals surface area (Å²) in [4.78, 5) is 20.7. The Morgan fingerprint density at radius 1 is 1.19 bits per heavy atom. The van der Waals surface area contributed by atoms with Crippen LogP contribution < -0.4 is 10.2 Å². The molecule has 1 aliphatic rings. The first-order valence-corrected chi connectivity index (χ1v) is 11.2. The van der Waals surface area contributed by atoms with Gasteiger partial charge in [0.25, 0.3) is 0 Å². The van der Waals surface area contributed by atoms with Gasteiger partial charge in [0.05, 0.1) is 23.3 Å². The number of allylic oxidation sites excluding steroid dienone is 2. The van der Waals surface area contributed by atoms with Gasteiger partial charge in [-0.2, -0.15) is 5.26 Å². The zero-order valence-corrected chi connectivity index (χ0v) is 19.8. The minimum atomic E-state index is -0.897. The van der Waals surface area contributed by atoms with Gasteiger partial charge in [0.15, 0.2) is 11.6 Å². The first-order valence-electron chi connectivity index (χ1n) is 11.2. The van der Waals surface area contributed by atoms with Crippen LogP contribution in [0.15, 0.2) is 66.5 Å². The van der Waals surface area contributed by atoms with Crippen LogP contribution in [0.25, 0.3) is 10.9 Å². The number of fused-ring (bicyclic) bond motifs is 1. The molecule has 2 heterocycles. The summed E-state index contributed by atoms with van der Waals surface area (Å²) in [5, 5.41) is 13.0. The van der Waals surface area contributed by atoms with Crippen LogP contribution in [0.3, 0.4) is 0 Å². The fourth-order valence-corrected chi connectivity index (χ4v) is 3.94. The van der Waals surface area contributed by atoms with Crippen molar-refractivity contribution in [3.05, 3.63) is 94.8 Å². The van der Waals surface area contributed by atoms with Gasteiger partial charge in [-0.25, -0.2) is 8.78 Å². The normalized spacial score (nSPS) is 12.4. The molecule has 2 aromatic carbocycles. The van der Waals surface area contributed by atoms with Crippen molar-refractivity contribution in [2.45, 2.75) is 6.54 Å². The van der Waals surface area contributed by atoms with E-state index in [1.807, 2.05) is 42.1 Å². The van der Waals surface area contributed by atoms with E-state index in [1.165, 1.54) is 6.07 Å². The summed E-state index contributed by atoms with van der Waals surface area (Å²) in [6, 6.07) is 11.5. The summed E-state index contributed by atoms with van der Waals surface area (Å²) >= 11 is 0. The lowest BCUT2D eigenvalue weighted by Gasteiger charge is -2.24. The number of carbonyl (C=O) groups excluding carboxylic acids is 1. The SMILES string of the molecule is CN(C)c1c(C#N)cnc2ccc(C#CCNC(=O)C3=CC=CN(Cc4ccc(F)c(F)c4)C3)cc12. The van der Waals surface area contributed by atoms with Crippen LogP contribution in [0.5, 0.6) is 0 Å². The Labute approximate surface area is 208 Å². The number of halogens is 2. The Hall–Kier alpha value is -4.69. The molecule has 0 spiro atoms. The van der Waals surface area contributed by atoms with Crippen LogP contribution in [0.1, 0.15) is 16.7 Å². The van der Waals surface area contributed by atoms with Gasteiger partial charge in [-0.05, 0) is 48.2 Å². The van der Waals surface area contributed by atoms with Crippen molar-refractivity contribution >= 4 is 22.5 Å². The van der Waals surface area contributed by atoms with E-state index in [-0.39, 0.29) is 12.5 Å². The molecular formula is C28H23F2N5O. The molecule has 180 valence electrons. The molecule has 0 saturated carbocycles. The number of nitriles is 1. The number of pyridine rings is 1. The molecule has 1 amide bonds. The predicted octanol–water partition coefficient (Wildman–Crippen LogP) is 3.87. The molecular weight excluding hydrogens is 460 g/mol. The van der Waals surface area contributed by atoms with Crippen molar-refractivity contribution < 1.29 is 13.6 Å². The summed E-state index contributed by atoms with van der Waals surface area (Å²) in [5.74, 6) is 3.97. The fourth-order valence-electron chi connectivity index (χ4n) is 3.94. The van der Waals surface area contributed by atoms with Crippen LogP contribution in [-0.4, -0.2) is 43.0 Å². The first kappa shape index (κ1) is 24.4. The average molecular weight is 484 g/mol. The van der Waals surface area contributed by atoms with Gasteiger partial charge >= 0.3 is 0 Å². The third kappa shape index (κ3) is 5.51. The van der Waals surface area contributed by atoms with Crippen molar-refractivity contribution in [1.29, 1.82) is 5.26 Å². The molecule has 0 unspecified atom stereocenters. The number of carbonyl (C=O) groups is 1. The van der Waals surface area contributed by atoms with Crippen LogP contribution >= 0.6 is 0 Å². The van der Waals surface area contributed by atoms with E-state index in [2.05, 4.69) is 28.2 Å². The summed E-state index contributed by atoms with van der Waals surface area (Å²) in [7, 11) is 3.75. The number of nitrogens with one attached hydrogen (secondary N) is 1. The molecule has 0 fully saturated rings. The maximum atomic E-state index is 13.5. The van der Waals surface area contributed by atoms with Crippen LogP contribution in [-0.2, 0) is 11.3 Å². The monoisotopic (exact) mass is 483 g/mol. The first-order chi connectivity index (χ1) is 17.4. The Morgan fingerprint density at radius 2 is 2.03 bits per heavy atom. The third-order valence-electron chi connectivity index (χ3n) is 5.61. The standard InChI is InChI=1S/C28H23F2N5O/c1-34(2)27-22(15-31)16-33-26-10-8-19(13-23(26)27)5-3-11-32-28(36)21-6-4-12-35(18-21)17-20-7-9-24(29)25(30)14-20/h4,6-10,12-14,16H,11,17-18H2,1-2H3,(H,32,36). The second-order valence-corrected chi connectivity index (χ2v) is 8.43. The van der Waals surface area contributed by atoms with Crippen LogP contribution in [0.4, 0.5) is 14.5 Å². The van der Waals surface area contributed by atoms with E-state index in [4.69, 9.17) is 0 Å². The average Bonchev–Trinajstić information content (AvgIpc) is 2.87. The van der Waals surface area contributed by atoms with E-state index in [9.17, 15) is 18.8 Å². The number of amides is 1. The summed E-state index contributed by atoms with van der Waals surface area (Å²) < 4.78 is 26.6. The predicted molar refractivity (Wildman–Crippen MR) is 135 cm³/mol. The second-order valence-electron chi connectivity index (χ2n) is 8.43. The summed E-state index contributed by atoms with van der Waals surface area (Å²) in [6.07, 6.45) is 6.82. The highest BCUT2D eigenvalue weighted by Gasteiger charge is 2.15. The van der Waals surface area contributed by atoms with Crippen LogP contribution in [0, 0.1) is 34.8 Å². The number of anilines is 1. The van der Waals surface area contributed by atoms with Gasteiger partial charge < -0.3 is 15.1 Å². The molecule has 1 aliphatic heterocycles. The highest BCUT2D eigenvalue weighted by atomic mass is 19.2. The molecule has 6 nitrogen and oxygen atoms in total. The smallest absolute Gasteiger partial charge is 0.249 e. The lowest BCUT2D eigenvalue weighted by molar-refractivity contribution is -0.117. The number of rotatable bonds is 5. The van der Waals surface area contributed by atoms with Crippen molar-refractivity contribution in [3.8, 4) is 17.9 Å². The molecule has 8 heteroatoms. The van der Waals surface area contributed by atoms with Crippen LogP contribution in [0.2, 0.25) is 0 Å². The molecule has 1 N–H and O–H groups in total. The maximum Gasteiger partial charge on any atom is 0.249 e. The van der Waals surface area contributed by atoms with Crippen molar-refractivity contribution in [2.24, 2.45) is 0 Å². The highest BCUT2D eigenvalue weighted by Crippen LogP contribution is 2.28. The Kier molecular flexibility index (Phi) is 7.27. The molecule has 4 rings (SSSR count). The molecule has 0 radical (unpaired) electrons. The molecule has 0 aliphatic carbocycles. The molecule has 0 saturated heterocycles. The largest absolute Gasteiger partial charge is 0.376 e. The third-order valence-corrected chi connectivity index (χ3v) is 5.61. The van der Waals surface area contributed by atoms with Gasteiger partial charge in [0.1, 0.15) is 6.07 Å². The van der Waals surface area contributed by atoms with E-state index < -0.39 is 11.6 Å². The minimum Gasteiger partial charge on any atom is -0.376 e. The molecule has 0 atom stereocenters. The topological polar surface area (TPSA) is 72.3 Å². The quantitative estimate of drug-likeness (QED) is 0.558. The summed E-state index contributed by atoms with van der Waals surface area (Å²) in [6.45, 7) is 0.830. The number of nitrogens with zero attached hydrogens (tertiary/aromatic N) is 4. The van der Waals surface area contributed by atoms with Gasteiger partial charge in [-0.1, -0.05) is 24.0 Å². The number of benzene rings is 2. The Morgan fingerprint density at radius 3 is 2.78 bits per heavy atom. The van der Waals surface area contributed by atoms with Crippen molar-refractivity contribution in [2.75, 3.05) is 32.1 Å². The number of aromatic nitrogens is 1. The molecule has 3 aromatic rings. The van der Waals surface area contributed by atoms with Gasteiger partial charge in [0.2, 0.25) is 5.91 Å². The van der Waals surface area contributed by atoms with E-state index in [0.29, 0.717) is 29.8 Å². The second kappa shape index (κ2) is 10.7. The van der Waals surface area contributed by atoms with Gasteiger partial charge in [0, 0.05) is 49.9 Å². The molecule has 0 bridgehead atoms. The molecule has 36 heavy (non-hydrogen) atoms. The zero-order chi connectivity index (χ0) is 25.7. The van der Waals surface area contributed by atoms with Gasteiger partial charge in [-0.3, -0.25) is 9.78 Å². The fraction of sp³-hybridized carbons (Fsp3) is 0.179. The van der Waals surface area contributed by atoms with Crippen molar-refractivity contribution in [1.82, 2.24) is 15.2 Å². The Bertz CT molecular complexity index is 1490. The summed E-state index contributed by atoms with van der Waals surface area (Å²) in [5.41, 5.74) is 3.92. The Balaban J connectivity index is 1.38. The van der Waals surface area contributed by atoms with Gasteiger partial charge in [-0.15, -0.1) is 0 Å². The minimum absolute atomic E-state index is 0.151. The van der Waals surface area contributed by atoms with E-state index in [1.54, 1.807) is 24.5 Å². The zero-order valence-electron chi connectivity index (χ0n) is 19.8. The van der Waals surface area contributed by atoms with E-state index in [0.717, 1.165) is 34.3 Å². The van der Waals surface area contributed by atoms with Crippen molar-refractivity contribution in [3.63, 3.8) is 0 Å². The highest BCUT2D eigenvalue weighted by molar-refractivity contribution is 5.95. The lowest BCUT2D eigenvalue weighted by Crippen LogP contribution is -2.32. The maximum absolute atomic E-state index is 13.5. The number of hydrogen-bond donors (Lipinski definition) is 1. The molecule has 1 aromatic heterocycles. The van der Waals surface area contributed by atoms with E-state index >= 15 is 0 Å². The number of hydrogen-bond acceptors (Lipinski definition) is 5. The lowest BCUT2D eigenvalue weighted by atomic mass is 10.1.